The lowest BCUT2D eigenvalue weighted by atomic mass is 9.98. The van der Waals surface area contributed by atoms with E-state index in [4.69, 9.17) is 10.2 Å². The summed E-state index contributed by atoms with van der Waals surface area (Å²) in [5.74, 6) is -1.86. The number of aliphatic carboxylic acids is 1. The maximum absolute atomic E-state index is 11.1. The molecule has 1 rings (SSSR count). The normalized spacial score (nSPS) is 13.6. The van der Waals surface area contributed by atoms with Gasteiger partial charge in [-0.2, -0.15) is 0 Å². The summed E-state index contributed by atoms with van der Waals surface area (Å²) in [4.78, 5) is 21.9. The van der Waals surface area contributed by atoms with Crippen LogP contribution in [0.5, 0.6) is 5.75 Å². The van der Waals surface area contributed by atoms with Crippen molar-refractivity contribution in [2.24, 2.45) is 0 Å². The van der Waals surface area contributed by atoms with Gasteiger partial charge in [-0.05, 0) is 95.1 Å². The Bertz CT molecular complexity index is 936. The molecule has 0 spiro atoms. The van der Waals surface area contributed by atoms with Gasteiger partial charge < -0.3 is 20.4 Å². The van der Waals surface area contributed by atoms with E-state index in [0.29, 0.717) is 43.2 Å². The van der Waals surface area contributed by atoms with Gasteiger partial charge in [0.25, 0.3) is 0 Å². The number of aromatic carboxylic acids is 1. The Kier molecular flexibility index (Phi) is 11.9. The minimum Gasteiger partial charge on any atom is -0.508 e. The number of phenolic OH excluding ortho intramolecular Hbond substituents is 1. The first-order valence-corrected chi connectivity index (χ1v) is 11.1. The largest absolute Gasteiger partial charge is 0.508 e. The van der Waals surface area contributed by atoms with Crippen molar-refractivity contribution >= 4 is 11.9 Å². The van der Waals surface area contributed by atoms with Gasteiger partial charge in [-0.25, -0.2) is 9.59 Å². The van der Waals surface area contributed by atoms with Crippen molar-refractivity contribution in [3.63, 3.8) is 0 Å². The van der Waals surface area contributed by atoms with Crippen molar-refractivity contribution in [1.82, 2.24) is 0 Å². The molecule has 0 amide bonds. The molecule has 33 heavy (non-hydrogen) atoms. The van der Waals surface area contributed by atoms with Crippen LogP contribution in [0, 0.1) is 0 Å². The number of hydrogen-bond donors (Lipinski definition) is 4. The van der Waals surface area contributed by atoms with E-state index in [1.807, 2.05) is 19.9 Å². The van der Waals surface area contributed by atoms with Crippen LogP contribution in [0.25, 0.3) is 0 Å². The van der Waals surface area contributed by atoms with E-state index in [1.54, 1.807) is 13.0 Å². The average Bonchev–Trinajstić information content (AvgIpc) is 2.76. The Labute approximate surface area is 196 Å². The molecule has 1 aromatic rings. The molecule has 4 N–H and O–H groups in total. The molecule has 6 heteroatoms. The minimum atomic E-state index is -1.03. The fourth-order valence-electron chi connectivity index (χ4n) is 3.21. The molecule has 1 unspecified atom stereocenters. The lowest BCUT2D eigenvalue weighted by Gasteiger charge is -2.14. The van der Waals surface area contributed by atoms with Crippen molar-refractivity contribution in [3.05, 3.63) is 76.4 Å². The van der Waals surface area contributed by atoms with Gasteiger partial charge in [0, 0.05) is 5.57 Å². The third kappa shape index (κ3) is 10.8. The van der Waals surface area contributed by atoms with Crippen LogP contribution >= 0.6 is 0 Å². The van der Waals surface area contributed by atoms with Gasteiger partial charge >= 0.3 is 11.9 Å². The standard InChI is InChI=1S/C27H36O6/c1-18(8-6-10-21(4)26(30)31)7-5-9-20(3)24(28)15-12-19(2)11-13-22-17-23(27(32)33)14-16-25(22)29/h7,10-11,14,16-17,24,28-29H,3,5-6,8-9,12-13,15H2,1-2,4H3,(H,30,31)(H,32,33). The van der Waals surface area contributed by atoms with Crippen LogP contribution in [-0.4, -0.2) is 38.5 Å². The van der Waals surface area contributed by atoms with Gasteiger partial charge in [-0.15, -0.1) is 0 Å². The number of allylic oxidation sites excluding steroid dienone is 5. The van der Waals surface area contributed by atoms with Gasteiger partial charge in [-0.3, -0.25) is 0 Å². The molecule has 0 aliphatic carbocycles. The number of carboxylic acids is 2. The van der Waals surface area contributed by atoms with E-state index in [2.05, 4.69) is 12.7 Å². The van der Waals surface area contributed by atoms with Crippen LogP contribution < -0.4 is 0 Å². The Morgan fingerprint density at radius 1 is 0.970 bits per heavy atom. The van der Waals surface area contributed by atoms with Crippen LogP contribution in [0.1, 0.15) is 75.2 Å². The summed E-state index contributed by atoms with van der Waals surface area (Å²) < 4.78 is 0. The van der Waals surface area contributed by atoms with E-state index in [1.165, 1.54) is 23.8 Å². The first-order valence-electron chi connectivity index (χ1n) is 11.1. The fourth-order valence-corrected chi connectivity index (χ4v) is 3.21. The van der Waals surface area contributed by atoms with Gasteiger partial charge in [0.05, 0.1) is 11.7 Å². The second-order valence-corrected chi connectivity index (χ2v) is 8.44. The maximum Gasteiger partial charge on any atom is 0.335 e. The SMILES string of the molecule is C=C(CCC=C(C)CCC=C(C)C(=O)O)C(O)CCC(C)=CCc1cc(C(=O)O)ccc1O. The van der Waals surface area contributed by atoms with E-state index in [0.717, 1.165) is 24.0 Å². The van der Waals surface area contributed by atoms with Crippen molar-refractivity contribution in [2.45, 2.75) is 71.8 Å². The molecule has 1 aromatic carbocycles. The molecule has 0 aromatic heterocycles. The summed E-state index contributed by atoms with van der Waals surface area (Å²) in [5.41, 5.74) is 4.05. The second kappa shape index (κ2) is 14.1. The maximum atomic E-state index is 11.1. The zero-order valence-corrected chi connectivity index (χ0v) is 19.8. The molecule has 0 heterocycles. The number of rotatable bonds is 14. The molecule has 0 radical (unpaired) electrons. The summed E-state index contributed by atoms with van der Waals surface area (Å²) >= 11 is 0. The molecule has 6 nitrogen and oxygen atoms in total. The molecule has 0 saturated carbocycles. The Morgan fingerprint density at radius 2 is 1.61 bits per heavy atom. The summed E-state index contributed by atoms with van der Waals surface area (Å²) in [6.45, 7) is 9.55. The molecular formula is C27H36O6. The number of aliphatic hydroxyl groups is 1. The first-order chi connectivity index (χ1) is 15.5. The van der Waals surface area contributed by atoms with Crippen molar-refractivity contribution in [2.75, 3.05) is 0 Å². The van der Waals surface area contributed by atoms with Crippen molar-refractivity contribution < 1.29 is 30.0 Å². The number of hydrogen-bond acceptors (Lipinski definition) is 4. The highest BCUT2D eigenvalue weighted by Crippen LogP contribution is 2.22. The van der Waals surface area contributed by atoms with Crippen molar-refractivity contribution in [1.29, 1.82) is 0 Å². The van der Waals surface area contributed by atoms with E-state index < -0.39 is 18.0 Å². The highest BCUT2D eigenvalue weighted by Gasteiger charge is 2.10. The zero-order chi connectivity index (χ0) is 25.0. The molecule has 1 atom stereocenters. The summed E-state index contributed by atoms with van der Waals surface area (Å²) in [7, 11) is 0. The zero-order valence-electron chi connectivity index (χ0n) is 19.8. The van der Waals surface area contributed by atoms with E-state index >= 15 is 0 Å². The molecular weight excluding hydrogens is 420 g/mol. The minimum absolute atomic E-state index is 0.0638. The van der Waals surface area contributed by atoms with Crippen LogP contribution in [0.15, 0.2) is 65.3 Å². The molecule has 0 saturated heterocycles. The first kappa shape index (κ1) is 27.9. The second-order valence-electron chi connectivity index (χ2n) is 8.44. The van der Waals surface area contributed by atoms with E-state index in [-0.39, 0.29) is 11.3 Å². The third-order valence-corrected chi connectivity index (χ3v) is 5.57. The Hall–Kier alpha value is -3.12. The molecule has 0 aliphatic rings. The number of aliphatic hydroxyl groups excluding tert-OH is 1. The Morgan fingerprint density at radius 3 is 2.24 bits per heavy atom. The van der Waals surface area contributed by atoms with Gasteiger partial charge in [0.15, 0.2) is 0 Å². The summed E-state index contributed by atoms with van der Waals surface area (Å²) in [6.07, 6.45) is 9.73. The number of carboxylic acid groups (broad SMARTS) is 2. The number of benzene rings is 1. The predicted octanol–water partition coefficient (Wildman–Crippen LogP) is 5.81. The Balaban J connectivity index is 2.44. The van der Waals surface area contributed by atoms with Crippen molar-refractivity contribution in [3.8, 4) is 5.75 Å². The molecule has 180 valence electrons. The quantitative estimate of drug-likeness (QED) is 0.207. The van der Waals surface area contributed by atoms with Crippen LogP contribution in [-0.2, 0) is 11.2 Å². The topological polar surface area (TPSA) is 115 Å². The summed E-state index contributed by atoms with van der Waals surface area (Å²) in [6, 6.07) is 4.23. The van der Waals surface area contributed by atoms with Gasteiger partial charge in [0.2, 0.25) is 0 Å². The summed E-state index contributed by atoms with van der Waals surface area (Å²) in [5, 5.41) is 38.3. The van der Waals surface area contributed by atoms with Crippen LogP contribution in [0.2, 0.25) is 0 Å². The third-order valence-electron chi connectivity index (χ3n) is 5.57. The van der Waals surface area contributed by atoms with E-state index in [9.17, 15) is 19.8 Å². The highest BCUT2D eigenvalue weighted by molar-refractivity contribution is 5.88. The van der Waals surface area contributed by atoms with Gasteiger partial charge in [-0.1, -0.05) is 36.0 Å². The highest BCUT2D eigenvalue weighted by atomic mass is 16.4. The average molecular weight is 457 g/mol. The smallest absolute Gasteiger partial charge is 0.335 e. The van der Waals surface area contributed by atoms with Crippen LogP contribution in [0.4, 0.5) is 0 Å². The predicted molar refractivity (Wildman–Crippen MR) is 131 cm³/mol. The monoisotopic (exact) mass is 456 g/mol. The number of phenols is 1. The lowest BCUT2D eigenvalue weighted by Crippen LogP contribution is -2.09. The van der Waals surface area contributed by atoms with Crippen LogP contribution in [0.3, 0.4) is 0 Å². The molecule has 0 aliphatic heterocycles. The number of carbonyl (C=O) groups is 2. The molecule has 0 bridgehead atoms. The molecule has 0 fully saturated rings. The van der Waals surface area contributed by atoms with Gasteiger partial charge in [0.1, 0.15) is 5.75 Å². The lowest BCUT2D eigenvalue weighted by molar-refractivity contribution is -0.132. The number of aromatic hydroxyl groups is 1. The fraction of sp³-hybridized carbons (Fsp3) is 0.407.